The molecule has 0 aromatic rings. The zero-order valence-electron chi connectivity index (χ0n) is 13.1. The van der Waals surface area contributed by atoms with Crippen molar-refractivity contribution in [3.63, 3.8) is 0 Å². The van der Waals surface area contributed by atoms with Gasteiger partial charge in [-0.05, 0) is 26.2 Å². The number of hydrogen-bond donors (Lipinski definition) is 0. The van der Waals surface area contributed by atoms with Crippen molar-refractivity contribution in [2.45, 2.75) is 58.3 Å². The summed E-state index contributed by atoms with van der Waals surface area (Å²) < 4.78 is 10.6. The van der Waals surface area contributed by atoms with Crippen molar-refractivity contribution >= 4 is 14.0 Å². The van der Waals surface area contributed by atoms with Crippen molar-refractivity contribution in [2.75, 3.05) is 19.8 Å². The third-order valence-corrected chi connectivity index (χ3v) is 6.48. The number of esters is 1. The second-order valence-electron chi connectivity index (χ2n) is 5.90. The van der Waals surface area contributed by atoms with Crippen LogP contribution in [0.2, 0.25) is 25.2 Å². The van der Waals surface area contributed by atoms with E-state index in [9.17, 15) is 4.79 Å². The first kappa shape index (κ1) is 18.4. The van der Waals surface area contributed by atoms with E-state index in [0.29, 0.717) is 12.2 Å². The third kappa shape index (κ3) is 11.0. The minimum Gasteiger partial charge on any atom is -0.462 e. The molecule has 0 fully saturated rings. The minimum atomic E-state index is -1.16. The molecule has 0 aliphatic rings. The molecule has 0 unspecified atom stereocenters. The minimum absolute atomic E-state index is 0.271. The molecule has 3 nitrogen and oxygen atoms in total. The molecule has 0 saturated carbocycles. The predicted octanol–water partition coefficient (Wildman–Crippen LogP) is 4.02. The number of carbonyl (C=O) groups is 1. The maximum atomic E-state index is 11.2. The van der Waals surface area contributed by atoms with Crippen molar-refractivity contribution < 1.29 is 14.3 Å². The highest BCUT2D eigenvalue weighted by Gasteiger charge is 2.19. The molecule has 0 rings (SSSR count). The molecule has 0 spiro atoms. The van der Waals surface area contributed by atoms with E-state index in [1.807, 2.05) is 0 Å². The zero-order valence-corrected chi connectivity index (χ0v) is 14.1. The van der Waals surface area contributed by atoms with Crippen molar-refractivity contribution in [3.05, 3.63) is 12.2 Å². The van der Waals surface area contributed by atoms with Crippen LogP contribution in [0.4, 0.5) is 0 Å². The molecule has 0 atom stereocenters. The Bertz CT molecular complexity index is 275. The summed E-state index contributed by atoms with van der Waals surface area (Å²) in [5.41, 5.74) is 0.476. The van der Waals surface area contributed by atoms with E-state index >= 15 is 0 Å². The lowest BCUT2D eigenvalue weighted by Gasteiger charge is -2.22. The first-order valence-corrected chi connectivity index (χ1v) is 10.7. The third-order valence-electron chi connectivity index (χ3n) is 3.07. The van der Waals surface area contributed by atoms with Crippen LogP contribution in [-0.2, 0) is 14.3 Å². The summed E-state index contributed by atoms with van der Waals surface area (Å²) in [6.07, 6.45) is 3.22. The summed E-state index contributed by atoms with van der Waals surface area (Å²) in [4.78, 5) is 11.2. The van der Waals surface area contributed by atoms with Gasteiger partial charge in [0.25, 0.3) is 0 Å². The molecule has 0 radical (unpaired) electrons. The molecular formula is C15H30O3Si. The molecular weight excluding hydrogens is 256 g/mol. The van der Waals surface area contributed by atoms with Crippen LogP contribution in [0, 0.1) is 0 Å². The predicted molar refractivity (Wildman–Crippen MR) is 83.2 cm³/mol. The summed E-state index contributed by atoms with van der Waals surface area (Å²) in [5, 5.41) is 0. The summed E-state index contributed by atoms with van der Waals surface area (Å²) in [6.45, 7) is 14.4. The maximum Gasteiger partial charge on any atom is 0.333 e. The Labute approximate surface area is 119 Å². The van der Waals surface area contributed by atoms with E-state index in [1.165, 1.54) is 12.1 Å². The summed E-state index contributed by atoms with van der Waals surface area (Å²) in [5.74, 6) is -0.271. The van der Waals surface area contributed by atoms with Crippen LogP contribution in [-0.4, -0.2) is 33.9 Å². The van der Waals surface area contributed by atoms with Crippen LogP contribution in [0.15, 0.2) is 12.2 Å². The molecule has 0 aliphatic carbocycles. The summed E-state index contributed by atoms with van der Waals surface area (Å²) in [7, 11) is -1.16. The van der Waals surface area contributed by atoms with Crippen molar-refractivity contribution in [1.82, 2.24) is 0 Å². The Morgan fingerprint density at radius 1 is 1.11 bits per heavy atom. The van der Waals surface area contributed by atoms with Gasteiger partial charge in [0, 0.05) is 26.9 Å². The molecule has 0 amide bonds. The van der Waals surface area contributed by atoms with E-state index < -0.39 is 8.07 Å². The summed E-state index contributed by atoms with van der Waals surface area (Å²) >= 11 is 0. The quantitative estimate of drug-likeness (QED) is 0.249. The van der Waals surface area contributed by atoms with Gasteiger partial charge in [0.1, 0.15) is 0 Å². The lowest BCUT2D eigenvalue weighted by Crippen LogP contribution is -2.26. The molecule has 112 valence electrons. The van der Waals surface area contributed by atoms with Crippen LogP contribution in [0.1, 0.15) is 33.1 Å². The van der Waals surface area contributed by atoms with Gasteiger partial charge in [0.2, 0.25) is 0 Å². The fourth-order valence-electron chi connectivity index (χ4n) is 1.86. The Kier molecular flexibility index (Phi) is 9.88. The normalized spacial score (nSPS) is 11.4. The Balaban J connectivity index is 3.61. The summed E-state index contributed by atoms with van der Waals surface area (Å²) in [6, 6.07) is 2.48. The molecule has 0 aromatic heterocycles. The van der Waals surface area contributed by atoms with Crippen LogP contribution in [0.3, 0.4) is 0 Å². The van der Waals surface area contributed by atoms with Gasteiger partial charge in [0.05, 0.1) is 6.61 Å². The van der Waals surface area contributed by atoms with E-state index in [2.05, 4.69) is 26.6 Å². The van der Waals surface area contributed by atoms with E-state index in [4.69, 9.17) is 9.47 Å². The second-order valence-corrected chi connectivity index (χ2v) is 11.2. The van der Waals surface area contributed by atoms with Gasteiger partial charge in [-0.15, -0.1) is 0 Å². The van der Waals surface area contributed by atoms with Gasteiger partial charge in [-0.25, -0.2) is 4.79 Å². The highest BCUT2D eigenvalue weighted by molar-refractivity contribution is 6.77. The molecule has 0 bridgehead atoms. The van der Waals surface area contributed by atoms with Crippen LogP contribution < -0.4 is 0 Å². The average molecular weight is 286 g/mol. The Hall–Kier alpha value is -0.613. The van der Waals surface area contributed by atoms with E-state index in [0.717, 1.165) is 32.5 Å². The van der Waals surface area contributed by atoms with Crippen LogP contribution in [0.25, 0.3) is 0 Å². The molecule has 19 heavy (non-hydrogen) atoms. The number of ether oxygens (including phenoxy) is 2. The smallest absolute Gasteiger partial charge is 0.333 e. The van der Waals surface area contributed by atoms with Gasteiger partial charge in [-0.3, -0.25) is 0 Å². The van der Waals surface area contributed by atoms with Crippen molar-refractivity contribution in [3.8, 4) is 0 Å². The Morgan fingerprint density at radius 2 is 1.68 bits per heavy atom. The van der Waals surface area contributed by atoms with Crippen molar-refractivity contribution in [1.29, 1.82) is 0 Å². The fourth-order valence-corrected chi connectivity index (χ4v) is 4.32. The van der Waals surface area contributed by atoms with Crippen LogP contribution >= 0.6 is 0 Å². The first-order chi connectivity index (χ1) is 8.89. The topological polar surface area (TPSA) is 35.5 Å². The standard InChI is InChI=1S/C15H30O3Si/c1-6-9-17-10-7-12-19(4,5)13-8-11-18-15(16)14(2)3/h2,6-13H2,1,3-5H3. The molecule has 4 heteroatoms. The average Bonchev–Trinajstić information content (AvgIpc) is 2.34. The molecule has 0 N–H and O–H groups in total. The highest BCUT2D eigenvalue weighted by Crippen LogP contribution is 2.19. The maximum absolute atomic E-state index is 11.2. The van der Waals surface area contributed by atoms with Gasteiger partial charge >= 0.3 is 5.97 Å². The van der Waals surface area contributed by atoms with Gasteiger partial charge in [-0.1, -0.05) is 38.7 Å². The second kappa shape index (κ2) is 10.2. The number of carbonyl (C=O) groups excluding carboxylic acids is 1. The van der Waals surface area contributed by atoms with E-state index in [1.54, 1.807) is 6.92 Å². The first-order valence-electron chi connectivity index (χ1n) is 7.29. The molecule has 0 aromatic carbocycles. The Morgan fingerprint density at radius 3 is 2.21 bits per heavy atom. The lowest BCUT2D eigenvalue weighted by molar-refractivity contribution is -0.138. The monoisotopic (exact) mass is 286 g/mol. The van der Waals surface area contributed by atoms with Crippen molar-refractivity contribution in [2.24, 2.45) is 0 Å². The largest absolute Gasteiger partial charge is 0.462 e. The number of hydrogen-bond acceptors (Lipinski definition) is 3. The SMILES string of the molecule is C=C(C)C(=O)OCCC[Si](C)(C)CCCOCCC. The van der Waals surface area contributed by atoms with E-state index in [-0.39, 0.29) is 5.97 Å². The molecule has 0 heterocycles. The van der Waals surface area contributed by atoms with Crippen LogP contribution in [0.5, 0.6) is 0 Å². The molecule has 0 aliphatic heterocycles. The zero-order chi connectivity index (χ0) is 14.7. The van der Waals surface area contributed by atoms with Gasteiger partial charge in [0.15, 0.2) is 0 Å². The van der Waals surface area contributed by atoms with Gasteiger partial charge < -0.3 is 9.47 Å². The fraction of sp³-hybridized carbons (Fsp3) is 0.800. The number of rotatable bonds is 11. The van der Waals surface area contributed by atoms with Gasteiger partial charge in [-0.2, -0.15) is 0 Å². The lowest BCUT2D eigenvalue weighted by atomic mass is 10.4. The highest BCUT2D eigenvalue weighted by atomic mass is 28.3. The molecule has 0 saturated heterocycles.